The average molecular weight is 268 g/mol. The van der Waals surface area contributed by atoms with E-state index >= 15 is 0 Å². The van der Waals surface area contributed by atoms with Crippen molar-refractivity contribution in [2.75, 3.05) is 11.1 Å². The molecule has 0 spiro atoms. The van der Waals surface area contributed by atoms with Crippen molar-refractivity contribution in [2.45, 2.75) is 25.7 Å². The topological polar surface area (TPSA) is 72.2 Å². The summed E-state index contributed by atoms with van der Waals surface area (Å²) in [5, 5.41) is 13.3. The SMILES string of the molecule is CC(=O)Nc1cc(SCC(C)C)ccc1[N+](=O)[O-]. The molecule has 5 nitrogen and oxygen atoms in total. The van der Waals surface area contributed by atoms with E-state index in [2.05, 4.69) is 19.2 Å². The first-order valence-corrected chi connectivity index (χ1v) is 6.57. The third-order valence-electron chi connectivity index (χ3n) is 2.06. The minimum atomic E-state index is -0.498. The van der Waals surface area contributed by atoms with Gasteiger partial charge in [-0.3, -0.25) is 14.9 Å². The Kier molecular flexibility index (Phi) is 5.15. The van der Waals surface area contributed by atoms with E-state index in [0.717, 1.165) is 10.6 Å². The zero-order valence-corrected chi connectivity index (χ0v) is 11.4. The maximum absolute atomic E-state index is 11.0. The number of nitro groups is 1. The van der Waals surface area contributed by atoms with E-state index in [0.29, 0.717) is 5.92 Å². The van der Waals surface area contributed by atoms with E-state index < -0.39 is 4.92 Å². The number of nitrogens with one attached hydrogen (secondary N) is 1. The summed E-state index contributed by atoms with van der Waals surface area (Å²) in [4.78, 5) is 22.3. The molecule has 1 N–H and O–H groups in total. The molecule has 0 saturated heterocycles. The first kappa shape index (κ1) is 14.5. The molecule has 0 aliphatic rings. The zero-order valence-electron chi connectivity index (χ0n) is 10.6. The van der Waals surface area contributed by atoms with E-state index in [1.807, 2.05) is 0 Å². The van der Waals surface area contributed by atoms with Gasteiger partial charge in [-0.15, -0.1) is 11.8 Å². The summed E-state index contributed by atoms with van der Waals surface area (Å²) in [5.41, 5.74) is 0.167. The minimum Gasteiger partial charge on any atom is -0.321 e. The van der Waals surface area contributed by atoms with Crippen LogP contribution in [0.25, 0.3) is 0 Å². The van der Waals surface area contributed by atoms with Gasteiger partial charge in [0.15, 0.2) is 0 Å². The second-order valence-corrected chi connectivity index (χ2v) is 5.42. The summed E-state index contributed by atoms with van der Waals surface area (Å²) in [7, 11) is 0. The van der Waals surface area contributed by atoms with E-state index in [1.54, 1.807) is 23.9 Å². The van der Waals surface area contributed by atoms with E-state index in [9.17, 15) is 14.9 Å². The van der Waals surface area contributed by atoms with Crippen LogP contribution >= 0.6 is 11.8 Å². The molecule has 0 heterocycles. The van der Waals surface area contributed by atoms with Crippen LogP contribution in [0.5, 0.6) is 0 Å². The van der Waals surface area contributed by atoms with Gasteiger partial charge in [-0.1, -0.05) is 13.8 Å². The number of nitro benzene ring substituents is 1. The summed E-state index contributed by atoms with van der Waals surface area (Å²) < 4.78 is 0. The lowest BCUT2D eigenvalue weighted by molar-refractivity contribution is -0.384. The molecule has 6 heteroatoms. The molecule has 0 atom stereocenters. The number of anilines is 1. The number of benzene rings is 1. The molecule has 0 radical (unpaired) electrons. The van der Waals surface area contributed by atoms with Crippen molar-refractivity contribution in [3.8, 4) is 0 Å². The van der Waals surface area contributed by atoms with Gasteiger partial charge < -0.3 is 5.32 Å². The van der Waals surface area contributed by atoms with Crippen molar-refractivity contribution in [2.24, 2.45) is 5.92 Å². The van der Waals surface area contributed by atoms with Gasteiger partial charge in [-0.05, 0) is 18.1 Å². The highest BCUT2D eigenvalue weighted by Gasteiger charge is 2.15. The van der Waals surface area contributed by atoms with Gasteiger partial charge in [-0.25, -0.2) is 0 Å². The van der Waals surface area contributed by atoms with Crippen molar-refractivity contribution >= 4 is 29.0 Å². The first-order chi connectivity index (χ1) is 8.40. The number of amides is 1. The smallest absolute Gasteiger partial charge is 0.292 e. The van der Waals surface area contributed by atoms with Gasteiger partial charge >= 0.3 is 0 Å². The predicted molar refractivity (Wildman–Crippen MR) is 73.0 cm³/mol. The van der Waals surface area contributed by atoms with Gasteiger partial charge in [0.2, 0.25) is 5.91 Å². The standard InChI is InChI=1S/C12H16N2O3S/c1-8(2)7-18-10-4-5-12(14(16)17)11(6-10)13-9(3)15/h4-6,8H,7H2,1-3H3,(H,13,15). The fourth-order valence-corrected chi connectivity index (χ4v) is 2.21. The molecule has 1 amide bonds. The van der Waals surface area contributed by atoms with Crippen LogP contribution in [0.4, 0.5) is 11.4 Å². The number of hydrogen-bond donors (Lipinski definition) is 1. The molecule has 0 fully saturated rings. The lowest BCUT2D eigenvalue weighted by Gasteiger charge is -2.08. The van der Waals surface area contributed by atoms with E-state index in [4.69, 9.17) is 0 Å². The first-order valence-electron chi connectivity index (χ1n) is 5.59. The van der Waals surface area contributed by atoms with Gasteiger partial charge in [0.05, 0.1) is 4.92 Å². The molecule has 0 aliphatic heterocycles. The molecule has 0 aromatic heterocycles. The van der Waals surface area contributed by atoms with Crippen LogP contribution in [0.1, 0.15) is 20.8 Å². The molecular weight excluding hydrogens is 252 g/mol. The predicted octanol–water partition coefficient (Wildman–Crippen LogP) is 3.30. The van der Waals surface area contributed by atoms with E-state index in [-0.39, 0.29) is 17.3 Å². The number of thioether (sulfide) groups is 1. The van der Waals surface area contributed by atoms with Crippen LogP contribution in [0.15, 0.2) is 23.1 Å². The maximum atomic E-state index is 11.0. The summed E-state index contributed by atoms with van der Waals surface area (Å²) in [6.45, 7) is 5.54. The number of hydrogen-bond acceptors (Lipinski definition) is 4. The van der Waals surface area contributed by atoms with Gasteiger partial charge in [0, 0.05) is 23.6 Å². The highest BCUT2D eigenvalue weighted by Crippen LogP contribution is 2.30. The molecule has 1 aromatic carbocycles. The molecule has 0 unspecified atom stereocenters. The van der Waals surface area contributed by atoms with Crippen LogP contribution in [0.2, 0.25) is 0 Å². The Labute approximate surface area is 110 Å². The molecule has 98 valence electrons. The lowest BCUT2D eigenvalue weighted by Crippen LogP contribution is -2.08. The van der Waals surface area contributed by atoms with Gasteiger partial charge in [-0.2, -0.15) is 0 Å². The molecular formula is C12H16N2O3S. The van der Waals surface area contributed by atoms with Crippen molar-refractivity contribution < 1.29 is 9.72 Å². The molecule has 0 saturated carbocycles. The van der Waals surface area contributed by atoms with E-state index in [1.165, 1.54) is 13.0 Å². The Hall–Kier alpha value is -1.56. The normalized spacial score (nSPS) is 10.4. The van der Waals surface area contributed by atoms with Crippen molar-refractivity contribution in [3.63, 3.8) is 0 Å². The van der Waals surface area contributed by atoms with Crippen LogP contribution < -0.4 is 5.32 Å². The van der Waals surface area contributed by atoms with Crippen LogP contribution in [0.3, 0.4) is 0 Å². The van der Waals surface area contributed by atoms with Crippen LogP contribution in [-0.2, 0) is 4.79 Å². The summed E-state index contributed by atoms with van der Waals surface area (Å²) in [5.74, 6) is 1.15. The zero-order chi connectivity index (χ0) is 13.7. The summed E-state index contributed by atoms with van der Waals surface area (Å²) >= 11 is 1.62. The van der Waals surface area contributed by atoms with Crippen molar-refractivity contribution in [1.29, 1.82) is 0 Å². The Morgan fingerprint density at radius 2 is 2.17 bits per heavy atom. The molecule has 1 aromatic rings. The second-order valence-electron chi connectivity index (χ2n) is 4.32. The van der Waals surface area contributed by atoms with Gasteiger partial charge in [0.25, 0.3) is 5.69 Å². The van der Waals surface area contributed by atoms with Crippen molar-refractivity contribution in [3.05, 3.63) is 28.3 Å². The monoisotopic (exact) mass is 268 g/mol. The minimum absolute atomic E-state index is 0.0842. The van der Waals surface area contributed by atoms with Crippen LogP contribution in [-0.4, -0.2) is 16.6 Å². The fraction of sp³-hybridized carbons (Fsp3) is 0.417. The Morgan fingerprint density at radius 1 is 1.50 bits per heavy atom. The molecule has 0 bridgehead atoms. The largest absolute Gasteiger partial charge is 0.321 e. The Morgan fingerprint density at radius 3 is 2.67 bits per heavy atom. The quantitative estimate of drug-likeness (QED) is 0.505. The molecule has 18 heavy (non-hydrogen) atoms. The van der Waals surface area contributed by atoms with Gasteiger partial charge in [0.1, 0.15) is 5.69 Å². The number of rotatable bonds is 5. The molecule has 1 rings (SSSR count). The number of carbonyl (C=O) groups is 1. The second kappa shape index (κ2) is 6.39. The number of nitrogens with zero attached hydrogens (tertiary/aromatic N) is 1. The highest BCUT2D eigenvalue weighted by molar-refractivity contribution is 7.99. The molecule has 0 aliphatic carbocycles. The maximum Gasteiger partial charge on any atom is 0.292 e. The Bertz CT molecular complexity index is 461. The average Bonchev–Trinajstić information content (AvgIpc) is 2.25. The lowest BCUT2D eigenvalue weighted by atomic mass is 10.2. The highest BCUT2D eigenvalue weighted by atomic mass is 32.2. The third-order valence-corrected chi connectivity index (χ3v) is 3.48. The summed E-state index contributed by atoms with van der Waals surface area (Å²) in [6.07, 6.45) is 0. The Balaban J connectivity index is 2.97. The summed E-state index contributed by atoms with van der Waals surface area (Å²) in [6, 6.07) is 4.77. The fourth-order valence-electron chi connectivity index (χ4n) is 1.32. The van der Waals surface area contributed by atoms with Crippen molar-refractivity contribution in [1.82, 2.24) is 0 Å². The third kappa shape index (κ3) is 4.37. The van der Waals surface area contributed by atoms with Crippen LogP contribution in [0, 0.1) is 16.0 Å². The number of carbonyl (C=O) groups excluding carboxylic acids is 1.